The number of furan rings is 1. The summed E-state index contributed by atoms with van der Waals surface area (Å²) < 4.78 is 38.3. The maximum atomic E-state index is 12.8. The van der Waals surface area contributed by atoms with Gasteiger partial charge in [0.1, 0.15) is 5.75 Å². The molecule has 2 aromatic carbocycles. The van der Waals surface area contributed by atoms with Crippen molar-refractivity contribution in [1.82, 2.24) is 10.6 Å². The van der Waals surface area contributed by atoms with Crippen LogP contribution in [-0.4, -0.2) is 39.9 Å². The quantitative estimate of drug-likeness (QED) is 0.373. The van der Waals surface area contributed by atoms with Gasteiger partial charge in [-0.05, 0) is 61.5 Å². The van der Waals surface area contributed by atoms with Gasteiger partial charge in [-0.1, -0.05) is 11.6 Å². The Morgan fingerprint density at radius 2 is 1.70 bits per heavy atom. The number of sulfonamides is 1. The van der Waals surface area contributed by atoms with Crippen LogP contribution in [0.3, 0.4) is 0 Å². The maximum Gasteiger partial charge on any atom is 0.287 e. The second-order valence-corrected chi connectivity index (χ2v) is 8.78. The minimum atomic E-state index is -3.97. The van der Waals surface area contributed by atoms with E-state index in [1.54, 1.807) is 30.3 Å². The molecule has 0 radical (unpaired) electrons. The van der Waals surface area contributed by atoms with E-state index < -0.39 is 21.8 Å². The van der Waals surface area contributed by atoms with Crippen LogP contribution in [-0.2, 0) is 10.0 Å². The van der Waals surface area contributed by atoms with Crippen molar-refractivity contribution in [2.45, 2.75) is 11.8 Å². The molecule has 0 saturated heterocycles. The van der Waals surface area contributed by atoms with E-state index in [-0.39, 0.29) is 34.3 Å². The zero-order chi connectivity index (χ0) is 23.8. The molecule has 0 saturated carbocycles. The van der Waals surface area contributed by atoms with Crippen LogP contribution < -0.4 is 20.1 Å². The lowest BCUT2D eigenvalue weighted by molar-refractivity contribution is 0.0910. The lowest BCUT2D eigenvalue weighted by Gasteiger charge is -2.12. The first kappa shape index (κ1) is 24.1. The molecule has 3 N–H and O–H groups in total. The molecule has 33 heavy (non-hydrogen) atoms. The van der Waals surface area contributed by atoms with E-state index in [4.69, 9.17) is 20.8 Å². The van der Waals surface area contributed by atoms with Gasteiger partial charge in [0, 0.05) is 18.8 Å². The van der Waals surface area contributed by atoms with E-state index in [0.29, 0.717) is 18.0 Å². The molecule has 0 aliphatic carbocycles. The number of anilines is 1. The van der Waals surface area contributed by atoms with Gasteiger partial charge < -0.3 is 19.8 Å². The summed E-state index contributed by atoms with van der Waals surface area (Å²) in [4.78, 5) is 24.2. The molecule has 1 heterocycles. The van der Waals surface area contributed by atoms with Crippen LogP contribution in [0.25, 0.3) is 0 Å². The molecule has 11 heteroatoms. The zero-order valence-corrected chi connectivity index (χ0v) is 19.2. The second-order valence-electron chi connectivity index (χ2n) is 6.69. The summed E-state index contributed by atoms with van der Waals surface area (Å²) in [6.07, 6.45) is 1.38. The monoisotopic (exact) mass is 491 g/mol. The number of carbonyl (C=O) groups excluding carboxylic acids is 2. The standard InChI is InChI=1S/C22H22ClN3O6S/c1-2-31-16-7-5-15(6-8-16)26-33(29,30)17-9-10-19(23)18(14-17)21(27)24-11-12-25-22(28)20-4-3-13-32-20/h3-10,13-14,26H,2,11-12H2,1H3,(H,24,27)(H,25,28). The lowest BCUT2D eigenvalue weighted by atomic mass is 10.2. The van der Waals surface area contributed by atoms with E-state index >= 15 is 0 Å². The van der Waals surface area contributed by atoms with Gasteiger partial charge in [0.05, 0.1) is 28.4 Å². The Morgan fingerprint density at radius 3 is 2.33 bits per heavy atom. The third-order valence-electron chi connectivity index (χ3n) is 4.35. The summed E-state index contributed by atoms with van der Waals surface area (Å²) in [6.45, 7) is 2.59. The first-order chi connectivity index (χ1) is 15.8. The fourth-order valence-electron chi connectivity index (χ4n) is 2.79. The van der Waals surface area contributed by atoms with Crippen molar-refractivity contribution in [2.24, 2.45) is 0 Å². The Bertz CT molecular complexity index is 1210. The van der Waals surface area contributed by atoms with Gasteiger partial charge in [-0.2, -0.15) is 0 Å². The number of ether oxygens (including phenoxy) is 1. The molecule has 0 spiro atoms. The van der Waals surface area contributed by atoms with Crippen LogP contribution in [0.2, 0.25) is 5.02 Å². The molecule has 1 aromatic heterocycles. The van der Waals surface area contributed by atoms with Gasteiger partial charge in [-0.15, -0.1) is 0 Å². The molecule has 0 bridgehead atoms. The van der Waals surface area contributed by atoms with Crippen LogP contribution in [0, 0.1) is 0 Å². The van der Waals surface area contributed by atoms with Gasteiger partial charge in [0.2, 0.25) is 0 Å². The molecule has 3 aromatic rings. The normalized spacial score (nSPS) is 11.0. The van der Waals surface area contributed by atoms with Crippen molar-refractivity contribution in [3.63, 3.8) is 0 Å². The summed E-state index contributed by atoms with van der Waals surface area (Å²) in [6, 6.07) is 13.4. The fraction of sp³-hybridized carbons (Fsp3) is 0.182. The number of hydrogen-bond acceptors (Lipinski definition) is 6. The van der Waals surface area contributed by atoms with Crippen molar-refractivity contribution < 1.29 is 27.2 Å². The van der Waals surface area contributed by atoms with Crippen LogP contribution in [0.5, 0.6) is 5.75 Å². The number of amides is 2. The Hall–Kier alpha value is -3.50. The van der Waals surface area contributed by atoms with Crippen molar-refractivity contribution in [1.29, 1.82) is 0 Å². The molecule has 2 amide bonds. The first-order valence-corrected chi connectivity index (χ1v) is 11.8. The highest BCUT2D eigenvalue weighted by Crippen LogP contribution is 2.23. The van der Waals surface area contributed by atoms with E-state index in [0.717, 1.165) is 0 Å². The largest absolute Gasteiger partial charge is 0.494 e. The highest BCUT2D eigenvalue weighted by Gasteiger charge is 2.19. The predicted molar refractivity (Wildman–Crippen MR) is 123 cm³/mol. The lowest BCUT2D eigenvalue weighted by Crippen LogP contribution is -2.34. The average molecular weight is 492 g/mol. The Morgan fingerprint density at radius 1 is 1.00 bits per heavy atom. The minimum absolute atomic E-state index is 0.0106. The van der Waals surface area contributed by atoms with E-state index in [1.165, 1.54) is 30.5 Å². The molecule has 9 nitrogen and oxygen atoms in total. The summed E-state index contributed by atoms with van der Waals surface area (Å²) in [7, 11) is -3.97. The van der Waals surface area contributed by atoms with Gasteiger partial charge in [0.25, 0.3) is 21.8 Å². The van der Waals surface area contributed by atoms with E-state index in [2.05, 4.69) is 15.4 Å². The van der Waals surface area contributed by atoms with Gasteiger partial charge in [0.15, 0.2) is 5.76 Å². The number of halogens is 1. The average Bonchev–Trinajstić information content (AvgIpc) is 3.33. The zero-order valence-electron chi connectivity index (χ0n) is 17.6. The van der Waals surface area contributed by atoms with Crippen LogP contribution in [0.15, 0.2) is 70.2 Å². The van der Waals surface area contributed by atoms with Gasteiger partial charge >= 0.3 is 0 Å². The van der Waals surface area contributed by atoms with Crippen LogP contribution >= 0.6 is 11.6 Å². The van der Waals surface area contributed by atoms with Crippen LogP contribution in [0.1, 0.15) is 27.8 Å². The Labute approximate surface area is 196 Å². The van der Waals surface area contributed by atoms with Crippen molar-refractivity contribution in [3.8, 4) is 5.75 Å². The van der Waals surface area contributed by atoms with Crippen molar-refractivity contribution >= 4 is 39.1 Å². The maximum absolute atomic E-state index is 12.8. The molecule has 174 valence electrons. The molecule has 0 fully saturated rings. The number of rotatable bonds is 10. The minimum Gasteiger partial charge on any atom is -0.494 e. The summed E-state index contributed by atoms with van der Waals surface area (Å²) in [5.74, 6) is -0.223. The molecule has 0 atom stereocenters. The fourth-order valence-corrected chi connectivity index (χ4v) is 4.08. The molecule has 0 aliphatic heterocycles. The van der Waals surface area contributed by atoms with Gasteiger partial charge in [-0.25, -0.2) is 8.42 Å². The number of benzene rings is 2. The Kier molecular flexibility index (Phi) is 7.96. The van der Waals surface area contributed by atoms with Crippen molar-refractivity contribution in [2.75, 3.05) is 24.4 Å². The third kappa shape index (κ3) is 6.50. The van der Waals surface area contributed by atoms with Crippen LogP contribution in [0.4, 0.5) is 5.69 Å². The summed E-state index contributed by atoms with van der Waals surface area (Å²) >= 11 is 6.11. The Balaban J connectivity index is 1.62. The third-order valence-corrected chi connectivity index (χ3v) is 6.06. The number of nitrogens with one attached hydrogen (secondary N) is 3. The van der Waals surface area contributed by atoms with E-state index in [9.17, 15) is 18.0 Å². The summed E-state index contributed by atoms with van der Waals surface area (Å²) in [5.41, 5.74) is 0.329. The number of carbonyl (C=O) groups is 2. The predicted octanol–water partition coefficient (Wildman–Crippen LogP) is 3.29. The highest BCUT2D eigenvalue weighted by atomic mass is 35.5. The van der Waals surface area contributed by atoms with Crippen molar-refractivity contribution in [3.05, 3.63) is 77.2 Å². The number of hydrogen-bond donors (Lipinski definition) is 3. The van der Waals surface area contributed by atoms with E-state index in [1.807, 2.05) is 6.92 Å². The second kappa shape index (κ2) is 10.9. The summed E-state index contributed by atoms with van der Waals surface area (Å²) in [5, 5.41) is 5.27. The molecular weight excluding hydrogens is 470 g/mol. The first-order valence-electron chi connectivity index (χ1n) is 9.95. The topological polar surface area (TPSA) is 127 Å². The smallest absolute Gasteiger partial charge is 0.287 e. The molecule has 0 unspecified atom stereocenters. The molecule has 0 aliphatic rings. The molecular formula is C22H22ClN3O6S. The SMILES string of the molecule is CCOc1ccc(NS(=O)(=O)c2ccc(Cl)c(C(=O)NCCNC(=O)c3ccco3)c2)cc1. The van der Waals surface area contributed by atoms with Gasteiger partial charge in [-0.3, -0.25) is 14.3 Å². The molecule has 3 rings (SSSR count). The highest BCUT2D eigenvalue weighted by molar-refractivity contribution is 7.92.